The van der Waals surface area contributed by atoms with E-state index in [1.807, 2.05) is 0 Å². The highest BCUT2D eigenvalue weighted by Gasteiger charge is 2.09. The standard InChI is InChI=1S/C13H24IN/c1-8-10(3)11(4)14-12(9-2)15-13(5,6)7/h8-9,15H,1-7H3/b10-8-,12-9-. The van der Waals surface area contributed by atoms with Gasteiger partial charge in [0.25, 0.3) is 0 Å². The van der Waals surface area contributed by atoms with Crippen LogP contribution in [-0.2, 0) is 0 Å². The van der Waals surface area contributed by atoms with Gasteiger partial charge in [-0.25, -0.2) is 0 Å². The molecule has 0 aliphatic carbocycles. The summed E-state index contributed by atoms with van der Waals surface area (Å²) in [6.07, 6.45) is 4.41. The van der Waals surface area contributed by atoms with Crippen molar-refractivity contribution in [1.29, 1.82) is 0 Å². The van der Waals surface area contributed by atoms with Gasteiger partial charge in [0.2, 0.25) is 0 Å². The summed E-state index contributed by atoms with van der Waals surface area (Å²) in [6, 6.07) is 0. The van der Waals surface area contributed by atoms with Gasteiger partial charge >= 0.3 is 0 Å². The van der Waals surface area contributed by atoms with Gasteiger partial charge in [0, 0.05) is 5.54 Å². The van der Waals surface area contributed by atoms with Crippen molar-refractivity contribution >= 4 is 24.2 Å². The Bertz CT molecular complexity index is 290. The Balaban J connectivity index is 4.75. The van der Waals surface area contributed by atoms with E-state index in [0.29, 0.717) is 0 Å². The van der Waals surface area contributed by atoms with Crippen molar-refractivity contribution in [2.45, 2.75) is 54.0 Å². The fourth-order valence-electron chi connectivity index (χ4n) is 0.935. The predicted molar refractivity (Wildman–Crippen MR) is 80.8 cm³/mol. The van der Waals surface area contributed by atoms with Crippen LogP contribution in [0.15, 0.2) is 21.4 Å². The van der Waals surface area contributed by atoms with Crippen molar-refractivity contribution in [1.82, 2.24) is 5.32 Å². The molecule has 0 fully saturated rings. The van der Waals surface area contributed by atoms with Crippen LogP contribution in [0.4, 0.5) is 0 Å². The van der Waals surface area contributed by atoms with Crippen LogP contribution in [0, 0.1) is 0 Å². The SMILES string of the molecule is C\C=C(C)/C(C)=I\C(=C\C)NC(C)(C)C. The van der Waals surface area contributed by atoms with Crippen LogP contribution in [0.3, 0.4) is 0 Å². The molecule has 2 heteroatoms. The Morgan fingerprint density at radius 3 is 1.93 bits per heavy atom. The summed E-state index contributed by atoms with van der Waals surface area (Å²) in [6.45, 7) is 15.3. The summed E-state index contributed by atoms with van der Waals surface area (Å²) >= 11 is -0.0182. The summed E-state index contributed by atoms with van der Waals surface area (Å²) in [5.41, 5.74) is 1.60. The Labute approximate surface area is 105 Å². The van der Waals surface area contributed by atoms with Gasteiger partial charge in [0.05, 0.1) is 3.70 Å². The van der Waals surface area contributed by atoms with Gasteiger partial charge in [-0.1, -0.05) is 32.9 Å². The van der Waals surface area contributed by atoms with Gasteiger partial charge in [0.15, 0.2) is 0 Å². The van der Waals surface area contributed by atoms with Crippen LogP contribution in [0.5, 0.6) is 0 Å². The first-order valence-corrected chi connectivity index (χ1v) is 7.52. The molecule has 0 spiro atoms. The number of hydrogen-bond donors (Lipinski definition) is 1. The fourth-order valence-corrected chi connectivity index (χ4v) is 3.80. The van der Waals surface area contributed by atoms with E-state index in [1.165, 1.54) is 9.28 Å². The number of nitrogens with one attached hydrogen (secondary N) is 1. The van der Waals surface area contributed by atoms with E-state index >= 15 is 0 Å². The molecule has 0 amide bonds. The van der Waals surface area contributed by atoms with Gasteiger partial charge in [-0.2, -0.15) is 0 Å². The Kier molecular flexibility index (Phi) is 6.41. The second kappa shape index (κ2) is 6.46. The molecule has 0 aromatic heterocycles. The summed E-state index contributed by atoms with van der Waals surface area (Å²) in [5.74, 6) is 0. The molecule has 0 saturated heterocycles. The summed E-state index contributed by atoms with van der Waals surface area (Å²) in [5, 5.41) is 3.58. The van der Waals surface area contributed by atoms with Gasteiger partial charge in [-0.05, 0) is 57.5 Å². The van der Waals surface area contributed by atoms with Crippen LogP contribution in [0.25, 0.3) is 0 Å². The second-order valence-corrected chi connectivity index (χ2v) is 7.93. The first-order valence-electron chi connectivity index (χ1n) is 5.36. The van der Waals surface area contributed by atoms with Gasteiger partial charge in [-0.3, -0.25) is 0 Å². The van der Waals surface area contributed by atoms with E-state index < -0.39 is 0 Å². The molecule has 88 valence electrons. The van der Waals surface area contributed by atoms with Crippen molar-refractivity contribution in [3.05, 3.63) is 21.4 Å². The molecule has 1 nitrogen and oxygen atoms in total. The smallest absolute Gasteiger partial charge is 0.0639 e. The minimum Gasteiger partial charge on any atom is -0.376 e. The van der Waals surface area contributed by atoms with Crippen LogP contribution < -0.4 is 5.32 Å². The Morgan fingerprint density at radius 1 is 1.07 bits per heavy atom. The molecule has 0 heterocycles. The highest BCUT2D eigenvalue weighted by atomic mass is 127. The van der Waals surface area contributed by atoms with Crippen LogP contribution in [-0.4, -0.2) is 9.05 Å². The third-order valence-corrected chi connectivity index (χ3v) is 5.10. The average Bonchev–Trinajstić information content (AvgIpc) is 2.13. The normalized spacial score (nSPS) is 16.1. The molecule has 0 saturated carbocycles. The lowest BCUT2D eigenvalue weighted by Gasteiger charge is -2.22. The number of rotatable bonds is 3. The highest BCUT2D eigenvalue weighted by molar-refractivity contribution is 14.2. The molecule has 0 rings (SSSR count). The molecule has 1 N–H and O–H groups in total. The molecule has 15 heavy (non-hydrogen) atoms. The van der Waals surface area contributed by atoms with Crippen molar-refractivity contribution in [2.24, 2.45) is 0 Å². The molecule has 0 aliphatic rings. The lowest BCUT2D eigenvalue weighted by molar-refractivity contribution is 0.488. The first-order chi connectivity index (χ1) is 6.80. The van der Waals surface area contributed by atoms with E-state index in [4.69, 9.17) is 0 Å². The van der Waals surface area contributed by atoms with Crippen molar-refractivity contribution in [3.8, 4) is 0 Å². The molecule has 0 aromatic rings. The Morgan fingerprint density at radius 2 is 1.60 bits per heavy atom. The topological polar surface area (TPSA) is 12.0 Å². The molecule has 0 atom stereocenters. The molecule has 0 bridgehead atoms. The largest absolute Gasteiger partial charge is 0.376 e. The third kappa shape index (κ3) is 6.88. The van der Waals surface area contributed by atoms with Crippen molar-refractivity contribution < 1.29 is 0 Å². The second-order valence-electron chi connectivity index (χ2n) is 4.61. The molecule has 0 unspecified atom stereocenters. The van der Waals surface area contributed by atoms with E-state index in [-0.39, 0.29) is 26.3 Å². The van der Waals surface area contributed by atoms with Crippen LogP contribution >= 0.6 is 20.7 Å². The van der Waals surface area contributed by atoms with E-state index in [0.717, 1.165) is 0 Å². The minimum atomic E-state index is -0.0182. The average molecular weight is 321 g/mol. The van der Waals surface area contributed by atoms with Crippen molar-refractivity contribution in [2.75, 3.05) is 0 Å². The summed E-state index contributed by atoms with van der Waals surface area (Å²) in [4.78, 5) is 0. The quantitative estimate of drug-likeness (QED) is 0.601. The zero-order valence-electron chi connectivity index (χ0n) is 11.0. The van der Waals surface area contributed by atoms with E-state index in [9.17, 15) is 0 Å². The van der Waals surface area contributed by atoms with Gasteiger partial charge in [0.1, 0.15) is 0 Å². The number of hydrogen-bond acceptors (Lipinski definition) is 1. The van der Waals surface area contributed by atoms with Crippen LogP contribution in [0.1, 0.15) is 48.5 Å². The maximum Gasteiger partial charge on any atom is 0.0639 e. The van der Waals surface area contributed by atoms with Gasteiger partial charge < -0.3 is 5.32 Å². The van der Waals surface area contributed by atoms with Gasteiger partial charge in [-0.15, -0.1) is 0 Å². The number of allylic oxidation sites excluding steroid dienone is 3. The molecule has 0 aromatic carbocycles. The number of halogens is 1. The molecule has 0 aliphatic heterocycles. The summed E-state index contributed by atoms with van der Waals surface area (Å²) < 4.78 is 2.96. The zero-order chi connectivity index (χ0) is 12.1. The van der Waals surface area contributed by atoms with Crippen molar-refractivity contribution in [3.63, 3.8) is 0 Å². The first kappa shape index (κ1) is 14.9. The third-order valence-electron chi connectivity index (χ3n) is 1.97. The lowest BCUT2D eigenvalue weighted by Crippen LogP contribution is -2.33. The minimum absolute atomic E-state index is 0.0182. The zero-order valence-corrected chi connectivity index (χ0v) is 13.2. The van der Waals surface area contributed by atoms with E-state index in [1.54, 1.807) is 3.51 Å². The maximum absolute atomic E-state index is 3.58. The lowest BCUT2D eigenvalue weighted by atomic mass is 10.1. The fraction of sp³-hybridized carbons (Fsp3) is 0.615. The predicted octanol–water partition coefficient (Wildman–Crippen LogP) is 4.37. The molecular formula is C13H24IN. The molecular weight excluding hydrogens is 297 g/mol. The highest BCUT2D eigenvalue weighted by Crippen LogP contribution is 2.19. The van der Waals surface area contributed by atoms with Crippen LogP contribution in [0.2, 0.25) is 0 Å². The Hall–Kier alpha value is -0.120. The monoisotopic (exact) mass is 321 g/mol. The summed E-state index contributed by atoms with van der Waals surface area (Å²) in [7, 11) is 0. The van der Waals surface area contributed by atoms with E-state index in [2.05, 4.69) is 65.9 Å². The molecule has 0 radical (unpaired) electrons. The maximum atomic E-state index is 3.58.